The summed E-state index contributed by atoms with van der Waals surface area (Å²) < 4.78 is 12.1. The maximum Gasteiger partial charge on any atom is 0.323 e. The summed E-state index contributed by atoms with van der Waals surface area (Å²) in [4.78, 5) is 29.1. The van der Waals surface area contributed by atoms with Gasteiger partial charge in [0.05, 0.1) is 19.1 Å². The molecule has 0 aliphatic carbocycles. The van der Waals surface area contributed by atoms with Crippen LogP contribution in [0.5, 0.6) is 5.75 Å². The number of hydrogen-bond acceptors (Lipinski definition) is 6. The van der Waals surface area contributed by atoms with Gasteiger partial charge in [0.25, 0.3) is 0 Å². The number of carbonyl (C=O) groups is 2. The minimum Gasteiger partial charge on any atom is -0.487 e. The number of amides is 3. The summed E-state index contributed by atoms with van der Waals surface area (Å²) in [5.41, 5.74) is 3.17. The van der Waals surface area contributed by atoms with Crippen molar-refractivity contribution in [2.75, 3.05) is 17.2 Å². The highest BCUT2D eigenvalue weighted by Crippen LogP contribution is 2.47. The Labute approximate surface area is 208 Å². The molecule has 1 fully saturated rings. The van der Waals surface area contributed by atoms with Crippen LogP contribution in [0.1, 0.15) is 29.9 Å². The average molecular weight is 489 g/mol. The molecule has 1 aromatic heterocycles. The van der Waals surface area contributed by atoms with Crippen molar-refractivity contribution in [1.82, 2.24) is 10.3 Å². The van der Waals surface area contributed by atoms with Crippen LogP contribution < -0.4 is 20.7 Å². The van der Waals surface area contributed by atoms with E-state index >= 15 is 0 Å². The third-order valence-corrected chi connectivity index (χ3v) is 6.41. The molecule has 1 saturated heterocycles. The number of pyridine rings is 1. The zero-order valence-corrected chi connectivity index (χ0v) is 19.6. The number of fused-ring (bicyclic) bond motifs is 3. The van der Waals surface area contributed by atoms with Gasteiger partial charge in [-0.1, -0.05) is 24.3 Å². The van der Waals surface area contributed by atoms with Crippen LogP contribution >= 0.6 is 0 Å². The summed E-state index contributed by atoms with van der Waals surface area (Å²) in [6, 6.07) is 18.1. The monoisotopic (exact) mass is 488 g/mol. The lowest BCUT2D eigenvalue weighted by atomic mass is 9.84. The Morgan fingerprint density at radius 2 is 1.86 bits per heavy atom. The number of anilines is 2. The van der Waals surface area contributed by atoms with Gasteiger partial charge in [0.15, 0.2) is 0 Å². The normalized spacial score (nSPS) is 22.0. The fourth-order valence-electron chi connectivity index (χ4n) is 4.76. The second-order valence-electron chi connectivity index (χ2n) is 8.94. The van der Waals surface area contributed by atoms with Crippen LogP contribution in [0, 0.1) is 0 Å². The Balaban J connectivity index is 1.24. The fourth-order valence-corrected chi connectivity index (χ4v) is 4.76. The number of aliphatic hydroxyl groups is 1. The highest BCUT2D eigenvalue weighted by Gasteiger charge is 2.46. The Morgan fingerprint density at radius 1 is 1.03 bits per heavy atom. The van der Waals surface area contributed by atoms with E-state index < -0.39 is 6.10 Å². The van der Waals surface area contributed by atoms with Gasteiger partial charge in [-0.25, -0.2) is 4.79 Å². The number of aromatic nitrogens is 1. The molecule has 3 amide bonds. The van der Waals surface area contributed by atoms with Crippen LogP contribution in [0.15, 0.2) is 73.1 Å². The Morgan fingerprint density at radius 3 is 2.64 bits per heavy atom. The second-order valence-corrected chi connectivity index (χ2v) is 8.94. The van der Waals surface area contributed by atoms with E-state index in [1.54, 1.807) is 18.5 Å². The van der Waals surface area contributed by atoms with E-state index in [4.69, 9.17) is 9.47 Å². The van der Waals surface area contributed by atoms with Crippen molar-refractivity contribution >= 4 is 23.3 Å². The molecule has 3 heterocycles. The first kappa shape index (κ1) is 23.8. The average Bonchev–Trinajstić information content (AvgIpc) is 3.26. The molecule has 0 saturated carbocycles. The van der Waals surface area contributed by atoms with Gasteiger partial charge in [-0.05, 0) is 48.4 Å². The van der Waals surface area contributed by atoms with Crippen molar-refractivity contribution in [3.05, 3.63) is 84.2 Å². The summed E-state index contributed by atoms with van der Waals surface area (Å²) in [6.45, 7) is 0.175. The van der Waals surface area contributed by atoms with E-state index in [0.717, 1.165) is 11.1 Å². The van der Waals surface area contributed by atoms with Gasteiger partial charge in [0.2, 0.25) is 5.91 Å². The highest BCUT2D eigenvalue weighted by atomic mass is 16.6. The zero-order chi connectivity index (χ0) is 24.9. The van der Waals surface area contributed by atoms with Gasteiger partial charge >= 0.3 is 6.03 Å². The van der Waals surface area contributed by atoms with Gasteiger partial charge in [0.1, 0.15) is 18.0 Å². The maximum absolute atomic E-state index is 12.6. The summed E-state index contributed by atoms with van der Waals surface area (Å²) in [6.07, 6.45) is 2.86. The lowest BCUT2D eigenvalue weighted by Crippen LogP contribution is -2.47. The number of carbonyl (C=O) groups excluding carboxylic acids is 2. The predicted octanol–water partition coefficient (Wildman–Crippen LogP) is 3.43. The van der Waals surface area contributed by atoms with Crippen LogP contribution in [-0.4, -0.2) is 46.9 Å². The molecule has 9 heteroatoms. The Bertz CT molecular complexity index is 1210. The maximum atomic E-state index is 12.6. The van der Waals surface area contributed by atoms with E-state index in [0.29, 0.717) is 30.1 Å². The molecule has 9 nitrogen and oxygen atoms in total. The predicted molar refractivity (Wildman–Crippen MR) is 134 cm³/mol. The van der Waals surface area contributed by atoms with Gasteiger partial charge in [0, 0.05) is 41.8 Å². The number of urea groups is 1. The largest absolute Gasteiger partial charge is 0.487 e. The first-order chi connectivity index (χ1) is 17.6. The quantitative estimate of drug-likeness (QED) is 0.404. The van der Waals surface area contributed by atoms with Crippen LogP contribution in [0.3, 0.4) is 0 Å². The SMILES string of the molecule is O=C(C[C@@H]1C[C@H]2c3cc(NC(=O)Nc4ccccc4)ccc3O[C@H]2[C@H](CO)O1)NCc1cccnc1. The summed E-state index contributed by atoms with van der Waals surface area (Å²) >= 11 is 0. The number of rotatable bonds is 7. The Kier molecular flexibility index (Phi) is 7.11. The summed E-state index contributed by atoms with van der Waals surface area (Å²) in [7, 11) is 0. The topological polar surface area (TPSA) is 122 Å². The molecule has 36 heavy (non-hydrogen) atoms. The van der Waals surface area contributed by atoms with Crippen LogP contribution in [-0.2, 0) is 16.1 Å². The lowest BCUT2D eigenvalue weighted by molar-refractivity contribution is -0.142. The van der Waals surface area contributed by atoms with Gasteiger partial charge < -0.3 is 30.5 Å². The Hall–Kier alpha value is -3.95. The minimum atomic E-state index is -0.551. The number of nitrogens with one attached hydrogen (secondary N) is 3. The van der Waals surface area contributed by atoms with E-state index in [-0.39, 0.29) is 43.1 Å². The molecule has 4 N–H and O–H groups in total. The molecule has 2 aliphatic heterocycles. The minimum absolute atomic E-state index is 0.0686. The molecule has 0 spiro atoms. The van der Waals surface area contributed by atoms with Crippen molar-refractivity contribution in [3.8, 4) is 5.75 Å². The second kappa shape index (κ2) is 10.8. The van der Waals surface area contributed by atoms with Crippen molar-refractivity contribution in [3.63, 3.8) is 0 Å². The van der Waals surface area contributed by atoms with Gasteiger partial charge in [-0.2, -0.15) is 0 Å². The fraction of sp³-hybridized carbons (Fsp3) is 0.296. The van der Waals surface area contributed by atoms with Crippen LogP contribution in [0.25, 0.3) is 0 Å². The van der Waals surface area contributed by atoms with Gasteiger partial charge in [-0.3, -0.25) is 9.78 Å². The molecule has 2 aromatic carbocycles. The zero-order valence-electron chi connectivity index (χ0n) is 19.6. The molecule has 4 atom stereocenters. The summed E-state index contributed by atoms with van der Waals surface area (Å²) in [5, 5.41) is 18.5. The van der Waals surface area contributed by atoms with E-state index in [1.165, 1.54) is 0 Å². The third-order valence-electron chi connectivity index (χ3n) is 6.41. The van der Waals surface area contributed by atoms with Crippen LogP contribution in [0.4, 0.5) is 16.2 Å². The lowest BCUT2D eigenvalue weighted by Gasteiger charge is -2.37. The molecule has 0 radical (unpaired) electrons. The molecular weight excluding hydrogens is 460 g/mol. The number of para-hydroxylation sites is 1. The standard InChI is InChI=1S/C27H28N4O5/c32-16-24-26-22(12-20(35-24)13-25(33)29-15-17-5-4-10-28-14-17)21-11-19(8-9-23(21)36-26)31-27(34)30-18-6-2-1-3-7-18/h1-11,14,20,22,24,26,32H,12-13,15-16H2,(H,29,33)(H2,30,31,34)/t20-,22-,24-,26+/m0/s1. The van der Waals surface area contributed by atoms with Crippen molar-refractivity contribution < 1.29 is 24.2 Å². The third kappa shape index (κ3) is 5.48. The molecule has 0 unspecified atom stereocenters. The number of hydrogen-bond donors (Lipinski definition) is 4. The van der Waals surface area contributed by atoms with Crippen molar-refractivity contribution in [2.24, 2.45) is 0 Å². The van der Waals surface area contributed by atoms with Gasteiger partial charge in [-0.15, -0.1) is 0 Å². The molecule has 5 rings (SSSR count). The van der Waals surface area contributed by atoms with Crippen molar-refractivity contribution in [1.29, 1.82) is 0 Å². The number of aliphatic hydroxyl groups excluding tert-OH is 1. The molecule has 3 aromatic rings. The molecule has 2 aliphatic rings. The first-order valence-electron chi connectivity index (χ1n) is 11.9. The molecule has 0 bridgehead atoms. The first-order valence-corrected chi connectivity index (χ1v) is 11.9. The number of benzene rings is 2. The highest BCUT2D eigenvalue weighted by molar-refractivity contribution is 5.99. The molecular formula is C27H28N4O5. The van der Waals surface area contributed by atoms with Crippen molar-refractivity contribution in [2.45, 2.75) is 43.6 Å². The van der Waals surface area contributed by atoms with Crippen LogP contribution in [0.2, 0.25) is 0 Å². The summed E-state index contributed by atoms with van der Waals surface area (Å²) in [5.74, 6) is 0.495. The molecule has 186 valence electrons. The number of nitrogens with zero attached hydrogens (tertiary/aromatic N) is 1. The van der Waals surface area contributed by atoms with E-state index in [9.17, 15) is 14.7 Å². The smallest absolute Gasteiger partial charge is 0.323 e. The number of ether oxygens (including phenoxy) is 2. The van der Waals surface area contributed by atoms with E-state index in [2.05, 4.69) is 20.9 Å². The van der Waals surface area contributed by atoms with E-state index in [1.807, 2.05) is 54.6 Å².